The number of nitrogens with one attached hydrogen (secondary N) is 4. The van der Waals surface area contributed by atoms with Crippen LogP contribution in [0, 0.1) is 13.8 Å². The van der Waals surface area contributed by atoms with Crippen molar-refractivity contribution in [2.45, 2.75) is 51.3 Å². The van der Waals surface area contributed by atoms with Crippen molar-refractivity contribution in [3.63, 3.8) is 0 Å². The van der Waals surface area contributed by atoms with Crippen molar-refractivity contribution in [2.75, 3.05) is 57.2 Å². The summed E-state index contributed by atoms with van der Waals surface area (Å²) in [7, 11) is -10.2. The molecule has 2 aromatic heterocycles. The van der Waals surface area contributed by atoms with Crippen LogP contribution in [-0.4, -0.2) is 82.0 Å². The molecule has 0 bridgehead atoms. The zero-order chi connectivity index (χ0) is 44.6. The minimum Gasteiger partial charge on any atom is -0.744 e. The van der Waals surface area contributed by atoms with Crippen LogP contribution in [-0.2, 0) is 20.2 Å². The maximum Gasteiger partial charge on any atom is 1.00 e. The predicted octanol–water partition coefficient (Wildman–Crippen LogP) is 1.33. The van der Waals surface area contributed by atoms with Crippen LogP contribution in [0.1, 0.15) is 49.9 Å². The molecule has 0 radical (unpaired) electrons. The average molecular weight is 925 g/mol. The van der Waals surface area contributed by atoms with Crippen molar-refractivity contribution < 1.29 is 85.1 Å². The van der Waals surface area contributed by atoms with Gasteiger partial charge in [0.15, 0.2) is 0 Å². The zero-order valence-electron chi connectivity index (χ0n) is 36.9. The van der Waals surface area contributed by atoms with Crippen LogP contribution in [0.5, 0.6) is 0 Å². The molecule has 0 atom stereocenters. The first-order chi connectivity index (χ1) is 29.5. The summed E-state index contributed by atoms with van der Waals surface area (Å²) in [6.45, 7) is 14.1. The predicted molar refractivity (Wildman–Crippen MR) is 240 cm³/mol. The number of hydrogen-bond donors (Lipinski definition) is 4. The normalized spacial score (nSPS) is 11.3. The van der Waals surface area contributed by atoms with E-state index in [1.54, 1.807) is 0 Å². The summed E-state index contributed by atoms with van der Waals surface area (Å²) >= 11 is 0. The van der Waals surface area contributed by atoms with E-state index in [2.05, 4.69) is 51.2 Å². The third-order valence-electron chi connectivity index (χ3n) is 9.48. The molecule has 324 valence electrons. The van der Waals surface area contributed by atoms with E-state index in [0.717, 1.165) is 34.6 Å². The van der Waals surface area contributed by atoms with E-state index >= 15 is 0 Å². The number of aryl methyl sites for hydroxylation is 2. The Kier molecular flexibility index (Phi) is 18.6. The summed E-state index contributed by atoms with van der Waals surface area (Å²) in [5.74, 6) is 1.34. The van der Waals surface area contributed by atoms with Gasteiger partial charge >= 0.3 is 59.1 Å². The molecule has 0 unspecified atom stereocenters. The van der Waals surface area contributed by atoms with E-state index in [-0.39, 0.29) is 105 Å². The molecule has 0 aliphatic heterocycles. The number of anilines is 10. The Morgan fingerprint density at radius 2 is 0.750 bits per heavy atom. The summed E-state index contributed by atoms with van der Waals surface area (Å²) in [4.78, 5) is 29.7. The quantitative estimate of drug-likeness (QED) is 0.0540. The molecule has 64 heavy (non-hydrogen) atoms. The van der Waals surface area contributed by atoms with Gasteiger partial charge in [-0.15, -0.1) is 0 Å². The molecule has 0 spiro atoms. The summed E-state index contributed by atoms with van der Waals surface area (Å²) in [6.07, 6.45) is 2.48. The molecule has 0 saturated heterocycles. The molecule has 0 fully saturated rings. The Labute approximate surface area is 418 Å². The van der Waals surface area contributed by atoms with Crippen molar-refractivity contribution in [1.29, 1.82) is 0 Å². The number of nitrogens with zero attached hydrogens (tertiary/aromatic N) is 8. The Morgan fingerprint density at radius 1 is 0.469 bits per heavy atom. The first-order valence-corrected chi connectivity index (χ1v) is 22.5. The van der Waals surface area contributed by atoms with E-state index in [0.29, 0.717) is 38.1 Å². The Balaban J connectivity index is 0.00000449. The van der Waals surface area contributed by atoms with Crippen molar-refractivity contribution in [2.24, 2.45) is 0 Å². The number of rotatable bonds is 18. The van der Waals surface area contributed by atoms with Gasteiger partial charge in [-0.1, -0.05) is 59.7 Å². The fraction of sp³-hybridized carbons (Fsp3) is 0.238. The zero-order valence-corrected chi connectivity index (χ0v) is 42.5. The fourth-order valence-corrected chi connectivity index (χ4v) is 7.54. The van der Waals surface area contributed by atoms with Crippen LogP contribution in [0.4, 0.5) is 58.4 Å². The van der Waals surface area contributed by atoms with Crippen LogP contribution in [0.25, 0.3) is 12.2 Å². The van der Waals surface area contributed by atoms with Crippen molar-refractivity contribution in [1.82, 2.24) is 29.9 Å². The van der Waals surface area contributed by atoms with Gasteiger partial charge in [-0.25, -0.2) is 16.8 Å². The summed E-state index contributed by atoms with van der Waals surface area (Å²) in [5, 5.41) is 12.3. The molecular weight excluding hydrogens is 879 g/mol. The van der Waals surface area contributed by atoms with Crippen LogP contribution < -0.4 is 90.2 Å². The van der Waals surface area contributed by atoms with E-state index in [4.69, 9.17) is 0 Å². The molecule has 0 amide bonds. The van der Waals surface area contributed by atoms with Gasteiger partial charge in [-0.05, 0) is 101 Å². The third kappa shape index (κ3) is 13.9. The van der Waals surface area contributed by atoms with E-state index < -0.39 is 30.0 Å². The molecular formula is C42H46N12Na2O6S2. The van der Waals surface area contributed by atoms with E-state index in [1.165, 1.54) is 36.4 Å². The van der Waals surface area contributed by atoms with Crippen molar-refractivity contribution in [3.05, 3.63) is 107 Å². The van der Waals surface area contributed by atoms with Gasteiger partial charge in [0, 0.05) is 48.9 Å². The standard InChI is InChI=1S/C42H48N12O6S2.2Na/c1-7-53(8-2)41-49-37(43-31-19-11-27(5)12-20-31)47-39(51-41)45-33-23-17-29(35(25-33)61(55,56)57)15-16-30-18-24-34(26-36(30)62(58,59)60)46-40-48-38(44-32-21-13-28(6)14-22-32)50-42(52-40)54(9-3)10-4;;/h11-26H,7-10H2,1-6H3,(H,55,56,57)(H,58,59,60)(H2,43,45,47,49,51)(H2,44,46,48,50,52);;/q;2*+1/p-2. The van der Waals surface area contributed by atoms with Gasteiger partial charge in [0.1, 0.15) is 20.2 Å². The molecule has 2 heterocycles. The van der Waals surface area contributed by atoms with Gasteiger partial charge in [-0.3, -0.25) is 0 Å². The summed E-state index contributed by atoms with van der Waals surface area (Å²) in [6, 6.07) is 23.2. The molecule has 0 aliphatic rings. The SMILES string of the molecule is CCN(CC)c1nc(Nc2ccc(C)cc2)nc(Nc2ccc(C=Cc3ccc(Nc4nc(Nc5ccc(C)cc5)nc(N(CC)CC)n4)cc3S(=O)(=O)[O-])c(S(=O)(=O)[O-])c2)n1.[Na+].[Na+]. The summed E-state index contributed by atoms with van der Waals surface area (Å²) < 4.78 is 75.6. The Hall–Kier alpha value is -4.74. The number of aromatic nitrogens is 6. The van der Waals surface area contributed by atoms with Crippen LogP contribution in [0.2, 0.25) is 0 Å². The maximum absolute atomic E-state index is 12.6. The smallest absolute Gasteiger partial charge is 0.744 e. The maximum atomic E-state index is 12.6. The van der Waals surface area contributed by atoms with Gasteiger partial charge in [0.05, 0.1) is 9.79 Å². The second-order valence-corrected chi connectivity index (χ2v) is 16.6. The van der Waals surface area contributed by atoms with E-state index in [9.17, 15) is 25.9 Å². The van der Waals surface area contributed by atoms with Crippen LogP contribution in [0.3, 0.4) is 0 Å². The summed E-state index contributed by atoms with van der Waals surface area (Å²) in [5.41, 5.74) is 3.84. The number of benzene rings is 4. The van der Waals surface area contributed by atoms with Crippen LogP contribution in [0.15, 0.2) is 94.7 Å². The van der Waals surface area contributed by atoms with Crippen LogP contribution >= 0.6 is 0 Å². The first-order valence-electron chi connectivity index (χ1n) is 19.7. The molecule has 0 saturated carbocycles. The fourth-order valence-electron chi connectivity index (χ4n) is 6.15. The van der Waals surface area contributed by atoms with Crippen molar-refractivity contribution in [3.8, 4) is 0 Å². The van der Waals surface area contributed by atoms with Gasteiger partial charge < -0.3 is 40.2 Å². The molecule has 18 nitrogen and oxygen atoms in total. The Morgan fingerprint density at radius 3 is 1.03 bits per heavy atom. The topological polar surface area (TPSA) is 246 Å². The van der Waals surface area contributed by atoms with Gasteiger partial charge in [0.2, 0.25) is 35.7 Å². The molecule has 6 aromatic rings. The second kappa shape index (κ2) is 22.9. The minimum absolute atomic E-state index is 0. The van der Waals surface area contributed by atoms with Crippen molar-refractivity contribution >= 4 is 90.8 Å². The van der Waals surface area contributed by atoms with E-state index in [1.807, 2.05) is 99.9 Å². The molecule has 4 N–H and O–H groups in total. The number of hydrogen-bond acceptors (Lipinski definition) is 18. The van der Waals surface area contributed by atoms with Gasteiger partial charge in [0.25, 0.3) is 0 Å². The minimum atomic E-state index is -5.09. The first kappa shape index (κ1) is 51.9. The molecule has 0 aliphatic carbocycles. The molecule has 6 rings (SSSR count). The molecule has 4 aromatic carbocycles. The molecule has 22 heteroatoms. The Bertz CT molecular complexity index is 2610. The largest absolute Gasteiger partial charge is 1.00 e. The third-order valence-corrected chi connectivity index (χ3v) is 11.3. The van der Waals surface area contributed by atoms with Gasteiger partial charge in [-0.2, -0.15) is 29.9 Å². The average Bonchev–Trinajstić information content (AvgIpc) is 3.22. The monoisotopic (exact) mass is 924 g/mol. The second-order valence-electron chi connectivity index (χ2n) is 13.9.